The molecule has 1 unspecified atom stereocenters. The Bertz CT molecular complexity index is 918. The summed E-state index contributed by atoms with van der Waals surface area (Å²) in [6.07, 6.45) is 0.910. The van der Waals surface area contributed by atoms with E-state index >= 15 is 0 Å². The van der Waals surface area contributed by atoms with Crippen molar-refractivity contribution >= 4 is 35.1 Å². The van der Waals surface area contributed by atoms with Gasteiger partial charge in [-0.1, -0.05) is 54.4 Å². The van der Waals surface area contributed by atoms with Gasteiger partial charge in [-0.2, -0.15) is 0 Å². The van der Waals surface area contributed by atoms with Crippen LogP contribution in [0.25, 0.3) is 0 Å². The Hall–Kier alpha value is -2.08. The van der Waals surface area contributed by atoms with Gasteiger partial charge in [-0.25, -0.2) is 0 Å². The van der Waals surface area contributed by atoms with E-state index in [1.165, 1.54) is 0 Å². The quantitative estimate of drug-likeness (QED) is 0.555. The smallest absolute Gasteiger partial charge is 0.304 e. The van der Waals surface area contributed by atoms with Crippen LogP contribution in [0.3, 0.4) is 0 Å². The van der Waals surface area contributed by atoms with Crippen molar-refractivity contribution in [3.8, 4) is 0 Å². The van der Waals surface area contributed by atoms with Gasteiger partial charge in [0.05, 0.1) is 25.1 Å². The molecule has 0 radical (unpaired) electrons. The number of benzene rings is 2. The van der Waals surface area contributed by atoms with Gasteiger partial charge in [-0.3, -0.25) is 9.59 Å². The van der Waals surface area contributed by atoms with Crippen LogP contribution in [-0.4, -0.2) is 41.6 Å². The minimum Gasteiger partial charge on any atom is -0.481 e. The van der Waals surface area contributed by atoms with E-state index in [4.69, 9.17) is 27.9 Å². The third-order valence-electron chi connectivity index (χ3n) is 5.96. The van der Waals surface area contributed by atoms with E-state index in [0.717, 1.165) is 11.1 Å². The molecule has 166 valence electrons. The third kappa shape index (κ3) is 5.40. The second kappa shape index (κ2) is 10.5. The van der Waals surface area contributed by atoms with E-state index in [1.807, 2.05) is 60.4 Å². The maximum atomic E-state index is 13.6. The van der Waals surface area contributed by atoms with Crippen molar-refractivity contribution < 1.29 is 19.4 Å². The second-order valence-corrected chi connectivity index (χ2v) is 8.82. The molecule has 5 nitrogen and oxygen atoms in total. The van der Waals surface area contributed by atoms with Crippen LogP contribution in [0.4, 0.5) is 0 Å². The summed E-state index contributed by atoms with van der Waals surface area (Å²) in [6, 6.07) is 14.6. The van der Waals surface area contributed by atoms with Crippen LogP contribution in [0.2, 0.25) is 10.0 Å². The van der Waals surface area contributed by atoms with Crippen molar-refractivity contribution in [2.75, 3.05) is 13.7 Å². The van der Waals surface area contributed by atoms with Gasteiger partial charge in [0.25, 0.3) is 0 Å². The van der Waals surface area contributed by atoms with E-state index in [-0.39, 0.29) is 30.3 Å². The predicted molar refractivity (Wildman–Crippen MR) is 122 cm³/mol. The molecule has 0 spiro atoms. The molecule has 1 heterocycles. The fourth-order valence-electron chi connectivity index (χ4n) is 4.56. The highest BCUT2D eigenvalue weighted by molar-refractivity contribution is 6.30. The van der Waals surface area contributed by atoms with Gasteiger partial charge < -0.3 is 14.7 Å². The number of rotatable bonds is 8. The Labute approximate surface area is 192 Å². The first-order valence-electron chi connectivity index (χ1n) is 10.4. The number of carboxylic acid groups (broad SMARTS) is 1. The number of amides is 1. The molecule has 1 aliphatic rings. The minimum atomic E-state index is -0.979. The maximum Gasteiger partial charge on any atom is 0.304 e. The fourth-order valence-corrected chi connectivity index (χ4v) is 4.89. The van der Waals surface area contributed by atoms with Gasteiger partial charge in [-0.15, -0.1) is 0 Å². The molecule has 0 saturated carbocycles. The number of carboxylic acids is 1. The molecule has 3 rings (SSSR count). The summed E-state index contributed by atoms with van der Waals surface area (Å²) in [5.41, 5.74) is 1.93. The zero-order chi connectivity index (χ0) is 22.5. The van der Waals surface area contributed by atoms with Crippen LogP contribution in [0, 0.1) is 5.92 Å². The zero-order valence-electron chi connectivity index (χ0n) is 17.6. The number of aliphatic carboxylic acids is 1. The lowest BCUT2D eigenvalue weighted by Gasteiger charge is -2.48. The lowest BCUT2D eigenvalue weighted by molar-refractivity contribution is -0.153. The number of piperidine rings is 1. The highest BCUT2D eigenvalue weighted by Crippen LogP contribution is 2.47. The fraction of sp³-hybridized carbons (Fsp3) is 0.417. The van der Waals surface area contributed by atoms with Crippen LogP contribution in [0.15, 0.2) is 48.5 Å². The Morgan fingerprint density at radius 3 is 2.45 bits per heavy atom. The van der Waals surface area contributed by atoms with E-state index < -0.39 is 11.9 Å². The SMILES string of the molecule is CC[C@@H](COC)N1C(=O)C(CC(=O)O)C[C@H](c2cccc(Cl)c2)[C@H]1c1ccc(Cl)cc1. The molecule has 0 bridgehead atoms. The van der Waals surface area contributed by atoms with Gasteiger partial charge in [0.1, 0.15) is 0 Å². The van der Waals surface area contributed by atoms with Crippen LogP contribution in [-0.2, 0) is 14.3 Å². The molecule has 4 atom stereocenters. The average Bonchev–Trinajstić information content (AvgIpc) is 2.74. The number of likely N-dealkylation sites (tertiary alicyclic amines) is 1. The number of nitrogens with zero attached hydrogens (tertiary/aromatic N) is 1. The molecule has 1 aliphatic heterocycles. The molecule has 1 N–H and O–H groups in total. The van der Waals surface area contributed by atoms with Gasteiger partial charge in [0.2, 0.25) is 5.91 Å². The second-order valence-electron chi connectivity index (χ2n) is 7.95. The van der Waals surface area contributed by atoms with Gasteiger partial charge in [0.15, 0.2) is 0 Å². The molecular formula is C24H27Cl2NO4. The highest BCUT2D eigenvalue weighted by Gasteiger charge is 2.46. The molecule has 0 aromatic heterocycles. The monoisotopic (exact) mass is 463 g/mol. The summed E-state index contributed by atoms with van der Waals surface area (Å²) in [5.74, 6) is -1.86. The Balaban J connectivity index is 2.16. The van der Waals surface area contributed by atoms with Crippen molar-refractivity contribution in [3.63, 3.8) is 0 Å². The number of methoxy groups -OCH3 is 1. The molecule has 7 heteroatoms. The van der Waals surface area contributed by atoms with E-state index in [2.05, 4.69) is 0 Å². The number of carbonyl (C=O) groups is 2. The summed E-state index contributed by atoms with van der Waals surface area (Å²) in [4.78, 5) is 27.0. The number of ether oxygens (including phenoxy) is 1. The molecule has 31 heavy (non-hydrogen) atoms. The lowest BCUT2D eigenvalue weighted by Crippen LogP contribution is -2.53. The van der Waals surface area contributed by atoms with Gasteiger partial charge in [0, 0.05) is 29.0 Å². The van der Waals surface area contributed by atoms with Crippen molar-refractivity contribution in [2.45, 2.75) is 44.2 Å². The summed E-state index contributed by atoms with van der Waals surface area (Å²) in [7, 11) is 1.61. The predicted octanol–water partition coefficient (Wildman–Crippen LogP) is 5.57. The van der Waals surface area contributed by atoms with Gasteiger partial charge >= 0.3 is 5.97 Å². The molecule has 2 aromatic carbocycles. The largest absolute Gasteiger partial charge is 0.481 e. The molecule has 2 aromatic rings. The van der Waals surface area contributed by atoms with Gasteiger partial charge in [-0.05, 0) is 48.2 Å². The average molecular weight is 464 g/mol. The minimum absolute atomic E-state index is 0.118. The standard InChI is InChI=1S/C24H27Cl2NO4/c1-3-20(14-31-2)27-23(15-7-9-18(25)10-8-15)21(16-5-4-6-19(26)11-16)12-17(24(27)30)13-22(28)29/h4-11,17,20-21,23H,3,12-14H2,1-2H3,(H,28,29)/t17?,20-,21+,23+/m0/s1. The van der Waals surface area contributed by atoms with E-state index in [1.54, 1.807) is 7.11 Å². The normalized spacial score (nSPS) is 22.4. The molecule has 0 aliphatic carbocycles. The number of hydrogen-bond acceptors (Lipinski definition) is 3. The first-order valence-corrected chi connectivity index (χ1v) is 11.1. The lowest BCUT2D eigenvalue weighted by atomic mass is 9.74. The summed E-state index contributed by atoms with van der Waals surface area (Å²) in [6.45, 7) is 2.37. The Kier molecular flexibility index (Phi) is 7.98. The first-order chi connectivity index (χ1) is 14.8. The van der Waals surface area contributed by atoms with Crippen molar-refractivity contribution in [2.24, 2.45) is 5.92 Å². The molecule has 1 fully saturated rings. The third-order valence-corrected chi connectivity index (χ3v) is 6.44. The Morgan fingerprint density at radius 1 is 1.16 bits per heavy atom. The van der Waals surface area contributed by atoms with E-state index in [0.29, 0.717) is 29.5 Å². The highest BCUT2D eigenvalue weighted by atomic mass is 35.5. The number of halogens is 2. The van der Waals surface area contributed by atoms with Crippen molar-refractivity contribution in [3.05, 3.63) is 69.7 Å². The Morgan fingerprint density at radius 2 is 1.87 bits per heavy atom. The molecule has 1 saturated heterocycles. The molecular weight excluding hydrogens is 437 g/mol. The zero-order valence-corrected chi connectivity index (χ0v) is 19.1. The van der Waals surface area contributed by atoms with Crippen molar-refractivity contribution in [1.29, 1.82) is 0 Å². The van der Waals surface area contributed by atoms with Crippen LogP contribution >= 0.6 is 23.2 Å². The van der Waals surface area contributed by atoms with E-state index in [9.17, 15) is 14.7 Å². The van der Waals surface area contributed by atoms with Crippen LogP contribution < -0.4 is 0 Å². The first kappa shape index (κ1) is 23.6. The van der Waals surface area contributed by atoms with Crippen molar-refractivity contribution in [1.82, 2.24) is 4.90 Å². The summed E-state index contributed by atoms with van der Waals surface area (Å²) >= 11 is 12.4. The topological polar surface area (TPSA) is 66.8 Å². The maximum absolute atomic E-state index is 13.6. The number of carbonyl (C=O) groups excluding carboxylic acids is 1. The molecule has 1 amide bonds. The summed E-state index contributed by atoms with van der Waals surface area (Å²) < 4.78 is 5.42. The summed E-state index contributed by atoms with van der Waals surface area (Å²) in [5, 5.41) is 10.7. The number of hydrogen-bond donors (Lipinski definition) is 1. The van der Waals surface area contributed by atoms with Crippen LogP contribution in [0.1, 0.15) is 49.3 Å². The van der Waals surface area contributed by atoms with Crippen LogP contribution in [0.5, 0.6) is 0 Å².